The lowest BCUT2D eigenvalue weighted by Crippen LogP contribution is -2.59. The van der Waals surface area contributed by atoms with Gasteiger partial charge in [-0.3, -0.25) is 19.6 Å². The van der Waals surface area contributed by atoms with Gasteiger partial charge in [-0.1, -0.05) is 101 Å². The number of rotatable bonds is 18. The van der Waals surface area contributed by atoms with Crippen LogP contribution in [0.5, 0.6) is 0 Å². The van der Waals surface area contributed by atoms with E-state index in [1.54, 1.807) is 16.0 Å². The van der Waals surface area contributed by atoms with Crippen LogP contribution in [0.1, 0.15) is 75.9 Å². The molecule has 2 aromatic carbocycles. The zero-order valence-corrected chi connectivity index (χ0v) is 36.0. The molecule has 5 rings (SSSR count). The predicted octanol–water partition coefficient (Wildman–Crippen LogP) is 6.26. The van der Waals surface area contributed by atoms with Crippen molar-refractivity contribution >= 4 is 23.9 Å². The molecule has 1 aliphatic rings. The van der Waals surface area contributed by atoms with Crippen molar-refractivity contribution in [2.75, 3.05) is 33.3 Å². The fraction of sp³-hybridized carbons (Fsp3) is 0.447. The maximum atomic E-state index is 14.8. The molecule has 4 atom stereocenters. The fourth-order valence-corrected chi connectivity index (χ4v) is 7.81. The number of aromatic nitrogens is 2. The number of nitrogens with one attached hydrogen (secondary N) is 3. The van der Waals surface area contributed by atoms with Crippen molar-refractivity contribution in [2.45, 2.75) is 91.5 Å². The number of amides is 5. The number of carbonyl (C=O) groups is 4. The number of carbonyl (C=O) groups excluding carboxylic acids is 4. The van der Waals surface area contributed by atoms with E-state index < -0.39 is 41.0 Å². The Labute approximate surface area is 354 Å². The first-order chi connectivity index (χ1) is 28.5. The Bertz CT molecular complexity index is 2040. The molecular formula is C47H61N7O6. The number of hydrogen-bond acceptors (Lipinski definition) is 8. The monoisotopic (exact) mass is 819 g/mol. The molecule has 60 heavy (non-hydrogen) atoms. The van der Waals surface area contributed by atoms with E-state index in [1.807, 2.05) is 133 Å². The number of hydrogen-bond donors (Lipinski definition) is 4. The molecule has 5 amide bonds. The summed E-state index contributed by atoms with van der Waals surface area (Å²) >= 11 is 0. The van der Waals surface area contributed by atoms with Crippen molar-refractivity contribution < 1.29 is 29.0 Å². The highest BCUT2D eigenvalue weighted by atomic mass is 16.5. The minimum absolute atomic E-state index is 0.127. The number of urea groups is 1. The topological polar surface area (TPSA) is 166 Å². The summed E-state index contributed by atoms with van der Waals surface area (Å²) in [6, 6.07) is 27.5. The highest BCUT2D eigenvalue weighted by Gasteiger charge is 2.45. The molecule has 4 unspecified atom stereocenters. The largest absolute Gasteiger partial charge is 0.453 e. The van der Waals surface area contributed by atoms with Gasteiger partial charge in [0, 0.05) is 56.0 Å². The second kappa shape index (κ2) is 20.4. The summed E-state index contributed by atoms with van der Waals surface area (Å²) in [6.07, 6.45) is 0.829. The van der Waals surface area contributed by atoms with E-state index in [1.165, 1.54) is 7.11 Å². The molecular weight excluding hydrogens is 759 g/mol. The van der Waals surface area contributed by atoms with E-state index in [0.717, 1.165) is 33.8 Å². The van der Waals surface area contributed by atoms with E-state index in [4.69, 9.17) is 0 Å². The first-order valence-electron chi connectivity index (χ1n) is 20.6. The third kappa shape index (κ3) is 12.6. The summed E-state index contributed by atoms with van der Waals surface area (Å²) < 4.78 is 4.67. The van der Waals surface area contributed by atoms with Gasteiger partial charge in [-0.25, -0.2) is 9.59 Å². The Kier molecular flexibility index (Phi) is 15.4. The van der Waals surface area contributed by atoms with E-state index in [-0.39, 0.29) is 43.8 Å². The van der Waals surface area contributed by atoms with Crippen molar-refractivity contribution in [2.24, 2.45) is 10.8 Å². The summed E-state index contributed by atoms with van der Waals surface area (Å²) in [5.74, 6) is -1.01. The van der Waals surface area contributed by atoms with Gasteiger partial charge in [0.2, 0.25) is 11.8 Å². The van der Waals surface area contributed by atoms with Crippen molar-refractivity contribution in [3.63, 3.8) is 0 Å². The minimum Gasteiger partial charge on any atom is -0.453 e. The zero-order valence-electron chi connectivity index (χ0n) is 36.0. The molecule has 4 aromatic rings. The van der Waals surface area contributed by atoms with Gasteiger partial charge in [-0.15, -0.1) is 0 Å². The third-order valence-electron chi connectivity index (χ3n) is 10.9. The first-order valence-corrected chi connectivity index (χ1v) is 20.6. The fourth-order valence-electron chi connectivity index (χ4n) is 7.81. The lowest BCUT2D eigenvalue weighted by molar-refractivity contribution is -0.130. The maximum Gasteiger partial charge on any atom is 0.406 e. The van der Waals surface area contributed by atoms with Crippen LogP contribution in [-0.4, -0.2) is 100 Å². The number of nitrogens with zero attached hydrogens (tertiary/aromatic N) is 4. The predicted molar refractivity (Wildman–Crippen MR) is 232 cm³/mol. The smallest absolute Gasteiger partial charge is 0.406 e. The van der Waals surface area contributed by atoms with Gasteiger partial charge >= 0.3 is 12.1 Å². The van der Waals surface area contributed by atoms with Crippen molar-refractivity contribution in [1.29, 1.82) is 0 Å². The molecule has 13 nitrogen and oxygen atoms in total. The summed E-state index contributed by atoms with van der Waals surface area (Å²) in [6.45, 7) is 13.0. The van der Waals surface area contributed by atoms with Crippen LogP contribution >= 0.6 is 0 Å². The van der Waals surface area contributed by atoms with Crippen LogP contribution in [0.15, 0.2) is 97.2 Å². The summed E-state index contributed by atoms with van der Waals surface area (Å²) in [4.78, 5) is 66.1. The zero-order chi connectivity index (χ0) is 43.5. The quantitative estimate of drug-likeness (QED) is 0.0915. The number of aliphatic hydroxyl groups is 1. The van der Waals surface area contributed by atoms with Crippen molar-refractivity contribution in [1.82, 2.24) is 35.7 Å². The highest BCUT2D eigenvalue weighted by Crippen LogP contribution is 2.32. The van der Waals surface area contributed by atoms with Crippen LogP contribution in [0.3, 0.4) is 0 Å². The molecule has 0 spiro atoms. The summed E-state index contributed by atoms with van der Waals surface area (Å²) in [5.41, 5.74) is 4.15. The molecule has 13 heteroatoms. The maximum absolute atomic E-state index is 14.8. The van der Waals surface area contributed by atoms with Gasteiger partial charge in [0.25, 0.3) is 0 Å². The van der Waals surface area contributed by atoms with Gasteiger partial charge in [-0.2, -0.15) is 0 Å². The van der Waals surface area contributed by atoms with Crippen LogP contribution in [0.2, 0.25) is 0 Å². The molecule has 1 aliphatic heterocycles. The van der Waals surface area contributed by atoms with Crippen LogP contribution in [0, 0.1) is 17.8 Å². The number of benzene rings is 2. The van der Waals surface area contributed by atoms with Gasteiger partial charge in [0.15, 0.2) is 0 Å². The standard InChI is InChI=1S/C47H61N7O6/c1-32-14-13-17-36(51-32)30-53-26-27-54(45(53)59)42(46(2,3)4)43(57)52-41(39(55)23-25-49-40(56)29-47(5,6)31-50-44(58)60-7)37(34-15-9-8-10-16-34)28-33-19-21-35(22-20-33)38-18-11-12-24-48-38/h8-22,24,37,39,41-42,55H,23,25-31H2,1-7H3,(H,49,56)(H,50,58)(H,52,57). The van der Waals surface area contributed by atoms with Crippen molar-refractivity contribution in [3.05, 3.63) is 120 Å². The number of pyridine rings is 2. The Morgan fingerprint density at radius 3 is 2.25 bits per heavy atom. The highest BCUT2D eigenvalue weighted by molar-refractivity contribution is 5.89. The second-order valence-electron chi connectivity index (χ2n) is 17.5. The van der Waals surface area contributed by atoms with Gasteiger partial charge in [0.05, 0.1) is 37.2 Å². The molecule has 320 valence electrons. The molecule has 0 radical (unpaired) electrons. The van der Waals surface area contributed by atoms with E-state index in [0.29, 0.717) is 26.1 Å². The lowest BCUT2D eigenvalue weighted by Gasteiger charge is -2.39. The Morgan fingerprint density at radius 2 is 1.60 bits per heavy atom. The van der Waals surface area contributed by atoms with Crippen molar-refractivity contribution in [3.8, 4) is 11.3 Å². The normalized spacial score (nSPS) is 15.2. The summed E-state index contributed by atoms with van der Waals surface area (Å²) in [5, 5.41) is 21.0. The van der Waals surface area contributed by atoms with Gasteiger partial charge in [-0.05, 0) is 66.0 Å². The van der Waals surface area contributed by atoms with Crippen LogP contribution in [0.4, 0.5) is 9.59 Å². The van der Waals surface area contributed by atoms with Crippen LogP contribution < -0.4 is 16.0 Å². The third-order valence-corrected chi connectivity index (χ3v) is 10.9. The molecule has 2 aromatic heterocycles. The van der Waals surface area contributed by atoms with Gasteiger partial charge in [0.1, 0.15) is 6.04 Å². The average Bonchev–Trinajstić information content (AvgIpc) is 3.56. The first kappa shape index (κ1) is 45.3. The molecule has 0 saturated carbocycles. The molecule has 0 aliphatic carbocycles. The van der Waals surface area contributed by atoms with E-state index in [2.05, 4.69) is 30.7 Å². The number of methoxy groups -OCH3 is 1. The average molecular weight is 820 g/mol. The van der Waals surface area contributed by atoms with E-state index >= 15 is 0 Å². The Morgan fingerprint density at radius 1 is 0.883 bits per heavy atom. The Hall–Kier alpha value is -5.82. The van der Waals surface area contributed by atoms with Gasteiger partial charge < -0.3 is 35.6 Å². The number of aryl methyl sites for hydroxylation is 1. The second-order valence-corrected chi connectivity index (χ2v) is 17.5. The number of alkyl carbamates (subject to hydrolysis) is 1. The molecule has 1 fully saturated rings. The molecule has 4 N–H and O–H groups in total. The molecule has 1 saturated heterocycles. The SMILES string of the molecule is COC(=O)NCC(C)(C)CC(=O)NCCC(O)C(NC(=O)C(N1CCN(Cc2cccc(C)n2)C1=O)C(C)(C)C)C(Cc1ccc(-c2ccccn2)cc1)c1ccccc1. The Balaban J connectivity index is 1.41. The van der Waals surface area contributed by atoms with Crippen LogP contribution in [-0.2, 0) is 27.3 Å². The molecule has 0 bridgehead atoms. The number of aliphatic hydroxyl groups excluding tert-OH is 1. The lowest BCUT2D eigenvalue weighted by atomic mass is 9.81. The molecule has 3 heterocycles. The van der Waals surface area contributed by atoms with E-state index in [9.17, 15) is 24.3 Å². The minimum atomic E-state index is -1.10. The summed E-state index contributed by atoms with van der Waals surface area (Å²) in [7, 11) is 1.28. The van der Waals surface area contributed by atoms with Crippen LogP contribution in [0.25, 0.3) is 11.3 Å². The number of ether oxygens (including phenoxy) is 1.